The summed E-state index contributed by atoms with van der Waals surface area (Å²) in [4.78, 5) is 22.7. The second-order valence-electron chi connectivity index (χ2n) is 3.46. The molecule has 2 N–H and O–H groups in total. The molecule has 90 valence electrons. The molecule has 0 amide bonds. The average molecular weight is 256 g/mol. The molecule has 0 atom stereocenters. The third kappa shape index (κ3) is 1.99. The minimum Gasteiger partial charge on any atom is -0.453 e. The lowest BCUT2D eigenvalue weighted by Gasteiger charge is -2.07. The van der Waals surface area contributed by atoms with Gasteiger partial charge in [-0.2, -0.15) is 0 Å². The van der Waals surface area contributed by atoms with E-state index in [0.29, 0.717) is 11.8 Å². The lowest BCUT2D eigenvalue weighted by Crippen LogP contribution is -2.09. The first-order valence-corrected chi connectivity index (χ1v) is 5.37. The van der Waals surface area contributed by atoms with Gasteiger partial charge in [0.05, 0.1) is 16.1 Å². The number of Topliss-reactive ketones (excluding diaryl/α,β-unsaturated/α-hetero) is 1. The van der Waals surface area contributed by atoms with E-state index in [4.69, 9.17) is 26.8 Å². The summed E-state index contributed by atoms with van der Waals surface area (Å²) >= 11 is 5.91. The summed E-state index contributed by atoms with van der Waals surface area (Å²) in [5.41, 5.74) is 5.83. The van der Waals surface area contributed by atoms with Crippen molar-refractivity contribution in [1.29, 1.82) is 0 Å². The fourth-order valence-corrected chi connectivity index (χ4v) is 1.88. The third-order valence-corrected chi connectivity index (χ3v) is 2.73. The maximum atomic E-state index is 11.8. The van der Waals surface area contributed by atoms with Gasteiger partial charge in [0.1, 0.15) is 0 Å². The number of ketones is 1. The van der Waals surface area contributed by atoms with Gasteiger partial charge in [-0.25, -0.2) is 0 Å². The minimum atomic E-state index is -0.186. The highest BCUT2D eigenvalue weighted by atomic mass is 35.5. The topological polar surface area (TPSA) is 78.6 Å². The molecular weight excluding hydrogens is 246 g/mol. The fraction of sp³-hybridized carbons (Fsp3) is 0.273. The Morgan fingerprint density at radius 2 is 2.18 bits per heavy atom. The molecule has 2 rings (SSSR count). The van der Waals surface area contributed by atoms with E-state index < -0.39 is 0 Å². The molecule has 1 aliphatic heterocycles. The van der Waals surface area contributed by atoms with Crippen LogP contribution < -0.4 is 15.2 Å². The standard InChI is InChI=1S/C11H10ClNO4/c12-8-3-6(9(15)1-2-13)10-11(7(8)4-14)17-5-16-10/h3-4H,1-2,5,13H2. The molecule has 0 aliphatic carbocycles. The van der Waals surface area contributed by atoms with E-state index in [1.54, 1.807) is 0 Å². The summed E-state index contributed by atoms with van der Waals surface area (Å²) in [5.74, 6) is 0.316. The predicted molar refractivity (Wildman–Crippen MR) is 61.0 cm³/mol. The molecule has 0 aromatic heterocycles. The van der Waals surface area contributed by atoms with Crippen molar-refractivity contribution in [2.45, 2.75) is 6.42 Å². The predicted octanol–water partition coefficient (Wildman–Crippen LogP) is 1.41. The maximum absolute atomic E-state index is 11.8. The first kappa shape index (κ1) is 11.9. The summed E-state index contributed by atoms with van der Waals surface area (Å²) in [6, 6.07) is 1.41. The van der Waals surface area contributed by atoms with Crippen LogP contribution in [0.15, 0.2) is 6.07 Å². The number of hydrogen-bond donors (Lipinski definition) is 1. The number of carbonyl (C=O) groups excluding carboxylic acids is 2. The van der Waals surface area contributed by atoms with Crippen molar-refractivity contribution in [3.05, 3.63) is 22.2 Å². The van der Waals surface area contributed by atoms with Crippen LogP contribution in [0, 0.1) is 0 Å². The molecule has 0 fully saturated rings. The number of fused-ring (bicyclic) bond motifs is 1. The van der Waals surface area contributed by atoms with Crippen LogP contribution in [-0.4, -0.2) is 25.4 Å². The second-order valence-corrected chi connectivity index (χ2v) is 3.87. The van der Waals surface area contributed by atoms with Gasteiger partial charge in [0.2, 0.25) is 6.79 Å². The molecule has 1 aromatic carbocycles. The van der Waals surface area contributed by atoms with Crippen LogP contribution in [0.2, 0.25) is 5.02 Å². The van der Waals surface area contributed by atoms with E-state index in [0.717, 1.165) is 0 Å². The van der Waals surface area contributed by atoms with Crippen molar-refractivity contribution in [1.82, 2.24) is 0 Å². The lowest BCUT2D eigenvalue weighted by molar-refractivity contribution is 0.0980. The van der Waals surface area contributed by atoms with Gasteiger partial charge >= 0.3 is 0 Å². The smallest absolute Gasteiger partial charge is 0.231 e. The Hall–Kier alpha value is -1.59. The molecule has 0 spiro atoms. The van der Waals surface area contributed by atoms with E-state index in [2.05, 4.69) is 0 Å². The number of rotatable bonds is 4. The van der Waals surface area contributed by atoms with Gasteiger partial charge in [0.25, 0.3) is 0 Å². The summed E-state index contributed by atoms with van der Waals surface area (Å²) in [6.07, 6.45) is 0.763. The summed E-state index contributed by atoms with van der Waals surface area (Å²) in [5, 5.41) is 0.171. The Morgan fingerprint density at radius 3 is 2.82 bits per heavy atom. The third-order valence-electron chi connectivity index (χ3n) is 2.42. The van der Waals surface area contributed by atoms with E-state index in [-0.39, 0.29) is 47.6 Å². The van der Waals surface area contributed by atoms with Gasteiger partial charge in [-0.05, 0) is 12.6 Å². The second kappa shape index (κ2) is 4.73. The highest BCUT2D eigenvalue weighted by Gasteiger charge is 2.27. The molecule has 1 aromatic rings. The Kier molecular flexibility index (Phi) is 3.31. The fourth-order valence-electron chi connectivity index (χ4n) is 1.64. The van der Waals surface area contributed by atoms with E-state index in [1.165, 1.54) is 6.07 Å². The molecule has 1 aliphatic rings. The highest BCUT2D eigenvalue weighted by Crippen LogP contribution is 2.42. The molecule has 0 saturated heterocycles. The van der Waals surface area contributed by atoms with Crippen LogP contribution in [0.5, 0.6) is 11.5 Å². The molecule has 6 heteroatoms. The quantitative estimate of drug-likeness (QED) is 0.650. The lowest BCUT2D eigenvalue weighted by atomic mass is 10.0. The number of carbonyl (C=O) groups is 2. The van der Waals surface area contributed by atoms with Gasteiger partial charge in [-0.1, -0.05) is 11.6 Å². The Morgan fingerprint density at radius 1 is 1.47 bits per heavy atom. The zero-order valence-electron chi connectivity index (χ0n) is 8.86. The molecule has 0 bridgehead atoms. The first-order valence-electron chi connectivity index (χ1n) is 4.99. The molecule has 0 unspecified atom stereocenters. The molecule has 0 saturated carbocycles. The number of hydrogen-bond acceptors (Lipinski definition) is 5. The summed E-state index contributed by atoms with van der Waals surface area (Å²) in [7, 11) is 0. The van der Waals surface area contributed by atoms with Gasteiger partial charge in [0.15, 0.2) is 23.6 Å². The van der Waals surface area contributed by atoms with E-state index in [1.807, 2.05) is 0 Å². The van der Waals surface area contributed by atoms with Crippen molar-refractivity contribution in [2.75, 3.05) is 13.3 Å². The number of nitrogens with two attached hydrogens (primary N) is 1. The number of halogens is 1. The van der Waals surface area contributed by atoms with Gasteiger partial charge < -0.3 is 15.2 Å². The van der Waals surface area contributed by atoms with Crippen LogP contribution in [0.4, 0.5) is 0 Å². The zero-order chi connectivity index (χ0) is 12.4. The van der Waals surface area contributed by atoms with Crippen LogP contribution in [-0.2, 0) is 0 Å². The average Bonchev–Trinajstić information content (AvgIpc) is 2.77. The molecule has 0 radical (unpaired) electrons. The summed E-state index contributed by atoms with van der Waals surface area (Å²) < 4.78 is 10.3. The van der Waals surface area contributed by atoms with E-state index >= 15 is 0 Å². The van der Waals surface area contributed by atoms with Crippen molar-refractivity contribution >= 4 is 23.7 Å². The summed E-state index contributed by atoms with van der Waals surface area (Å²) in [6.45, 7) is 0.209. The SMILES string of the molecule is NCCC(=O)c1cc(Cl)c(C=O)c2c1OCO2. The van der Waals surface area contributed by atoms with Crippen LogP contribution in [0.25, 0.3) is 0 Å². The van der Waals surface area contributed by atoms with Gasteiger partial charge in [0, 0.05) is 6.42 Å². The Bertz CT molecular complexity index is 487. The van der Waals surface area contributed by atoms with Crippen LogP contribution in [0.1, 0.15) is 27.1 Å². The van der Waals surface area contributed by atoms with Crippen molar-refractivity contribution < 1.29 is 19.1 Å². The molecule has 5 nitrogen and oxygen atoms in total. The van der Waals surface area contributed by atoms with Gasteiger partial charge in [-0.3, -0.25) is 9.59 Å². The molecule has 1 heterocycles. The Labute approximate surface area is 102 Å². The normalized spacial score (nSPS) is 12.6. The minimum absolute atomic E-state index is 0.0284. The number of aldehydes is 1. The first-order chi connectivity index (χ1) is 8.19. The number of benzene rings is 1. The van der Waals surface area contributed by atoms with Crippen LogP contribution in [0.3, 0.4) is 0 Å². The highest BCUT2D eigenvalue weighted by molar-refractivity contribution is 6.34. The number of ether oxygens (including phenoxy) is 2. The molecule has 17 heavy (non-hydrogen) atoms. The monoisotopic (exact) mass is 255 g/mol. The van der Waals surface area contributed by atoms with Crippen LogP contribution >= 0.6 is 11.6 Å². The Balaban J connectivity index is 2.55. The van der Waals surface area contributed by atoms with Crippen molar-refractivity contribution in [3.8, 4) is 11.5 Å². The zero-order valence-corrected chi connectivity index (χ0v) is 9.62. The largest absolute Gasteiger partial charge is 0.453 e. The van der Waals surface area contributed by atoms with Crippen molar-refractivity contribution in [2.24, 2.45) is 5.73 Å². The maximum Gasteiger partial charge on any atom is 0.231 e. The molecular formula is C11H10ClNO4. The van der Waals surface area contributed by atoms with Crippen molar-refractivity contribution in [3.63, 3.8) is 0 Å². The van der Waals surface area contributed by atoms with E-state index in [9.17, 15) is 9.59 Å². The van der Waals surface area contributed by atoms with Gasteiger partial charge in [-0.15, -0.1) is 0 Å².